The van der Waals surface area contributed by atoms with E-state index in [1.807, 2.05) is 13.1 Å². The molecule has 1 fully saturated rings. The summed E-state index contributed by atoms with van der Waals surface area (Å²) in [6.07, 6.45) is 3.47. The van der Waals surface area contributed by atoms with Gasteiger partial charge in [0.05, 0.1) is 11.2 Å². The molecule has 0 radical (unpaired) electrons. The van der Waals surface area contributed by atoms with Crippen LogP contribution in [0, 0.1) is 6.92 Å². The Bertz CT molecular complexity index is 792. The van der Waals surface area contributed by atoms with Gasteiger partial charge in [-0.2, -0.15) is 0 Å². The predicted octanol–water partition coefficient (Wildman–Crippen LogP) is 2.72. The van der Waals surface area contributed by atoms with Crippen LogP contribution in [0.2, 0.25) is 0 Å². The van der Waals surface area contributed by atoms with Gasteiger partial charge in [0.1, 0.15) is 6.33 Å². The second-order valence-corrected chi connectivity index (χ2v) is 6.35. The van der Waals surface area contributed by atoms with Crippen LogP contribution in [-0.4, -0.2) is 41.1 Å². The van der Waals surface area contributed by atoms with Gasteiger partial charge in [-0.05, 0) is 25.1 Å². The summed E-state index contributed by atoms with van der Waals surface area (Å²) in [7, 11) is 0. The molecule has 0 saturated carbocycles. The Balaban J connectivity index is 1.50. The number of aryl methyl sites for hydroxylation is 1. The van der Waals surface area contributed by atoms with Crippen LogP contribution in [0.1, 0.15) is 5.69 Å². The molecule has 1 saturated heterocycles. The van der Waals surface area contributed by atoms with Gasteiger partial charge < -0.3 is 9.80 Å². The van der Waals surface area contributed by atoms with E-state index in [-0.39, 0.29) is 0 Å². The first-order valence-corrected chi connectivity index (χ1v) is 8.29. The van der Waals surface area contributed by atoms with Crippen molar-refractivity contribution in [3.8, 4) is 0 Å². The van der Waals surface area contributed by atoms with Gasteiger partial charge >= 0.3 is 0 Å². The zero-order chi connectivity index (χ0) is 14.9. The molecule has 0 aliphatic carbocycles. The van der Waals surface area contributed by atoms with Gasteiger partial charge in [-0.15, -0.1) is 11.3 Å². The normalized spacial score (nSPS) is 15.5. The van der Waals surface area contributed by atoms with Crippen molar-refractivity contribution in [2.45, 2.75) is 6.92 Å². The Morgan fingerprint density at radius 1 is 1.09 bits per heavy atom. The fourth-order valence-electron chi connectivity index (χ4n) is 2.81. The van der Waals surface area contributed by atoms with Crippen molar-refractivity contribution in [2.24, 2.45) is 0 Å². The van der Waals surface area contributed by atoms with Crippen LogP contribution in [0.25, 0.3) is 10.9 Å². The van der Waals surface area contributed by atoms with Crippen LogP contribution in [0.4, 0.5) is 10.8 Å². The number of anilines is 2. The number of piperazine rings is 1. The topological polar surface area (TPSA) is 45.2 Å². The number of fused-ring (bicyclic) bond motifs is 1. The first-order chi connectivity index (χ1) is 10.8. The van der Waals surface area contributed by atoms with E-state index < -0.39 is 0 Å². The van der Waals surface area contributed by atoms with Crippen LogP contribution >= 0.6 is 11.3 Å². The van der Waals surface area contributed by atoms with E-state index in [1.165, 1.54) is 5.69 Å². The fraction of sp³-hybridized carbons (Fsp3) is 0.312. The standard InChI is InChI=1S/C16H17N5S/c1-12-10-22-16(19-12)21-6-4-20(5-7-21)14-2-3-15-13(8-14)9-17-11-18-15/h2-3,8-11H,4-7H2,1H3. The van der Waals surface area contributed by atoms with Gasteiger partial charge in [-0.3, -0.25) is 0 Å². The lowest BCUT2D eigenvalue weighted by Gasteiger charge is -2.36. The van der Waals surface area contributed by atoms with Crippen molar-refractivity contribution in [1.29, 1.82) is 0 Å². The number of rotatable bonds is 2. The van der Waals surface area contributed by atoms with Gasteiger partial charge in [0.25, 0.3) is 0 Å². The largest absolute Gasteiger partial charge is 0.368 e. The molecule has 2 aromatic heterocycles. The minimum Gasteiger partial charge on any atom is -0.368 e. The summed E-state index contributed by atoms with van der Waals surface area (Å²) < 4.78 is 0. The monoisotopic (exact) mass is 311 g/mol. The van der Waals surface area contributed by atoms with Crippen LogP contribution in [0.3, 0.4) is 0 Å². The summed E-state index contributed by atoms with van der Waals surface area (Å²) in [6, 6.07) is 6.40. The molecule has 5 nitrogen and oxygen atoms in total. The molecule has 0 atom stereocenters. The lowest BCUT2D eigenvalue weighted by Crippen LogP contribution is -2.46. The average Bonchev–Trinajstić information content (AvgIpc) is 3.01. The maximum absolute atomic E-state index is 4.58. The smallest absolute Gasteiger partial charge is 0.185 e. The van der Waals surface area contributed by atoms with Gasteiger partial charge in [0, 0.05) is 48.8 Å². The van der Waals surface area contributed by atoms with Crippen molar-refractivity contribution < 1.29 is 0 Å². The minimum absolute atomic E-state index is 0.996. The van der Waals surface area contributed by atoms with Gasteiger partial charge in [-0.1, -0.05) is 0 Å². The van der Waals surface area contributed by atoms with Crippen molar-refractivity contribution in [1.82, 2.24) is 15.0 Å². The number of hydrogen-bond donors (Lipinski definition) is 0. The van der Waals surface area contributed by atoms with Crippen LogP contribution in [0.15, 0.2) is 36.1 Å². The first kappa shape index (κ1) is 13.5. The van der Waals surface area contributed by atoms with Crippen molar-refractivity contribution in [2.75, 3.05) is 36.0 Å². The number of hydrogen-bond acceptors (Lipinski definition) is 6. The minimum atomic E-state index is 0.996. The molecule has 0 N–H and O–H groups in total. The molecule has 0 unspecified atom stereocenters. The summed E-state index contributed by atoms with van der Waals surface area (Å²) in [5.41, 5.74) is 3.35. The lowest BCUT2D eigenvalue weighted by atomic mass is 10.2. The molecular formula is C16H17N5S. The molecule has 6 heteroatoms. The molecule has 1 aliphatic heterocycles. The molecule has 4 rings (SSSR count). The maximum atomic E-state index is 4.58. The van der Waals surface area contributed by atoms with Crippen molar-refractivity contribution >= 4 is 33.1 Å². The molecule has 3 aromatic rings. The number of thiazole rings is 1. The lowest BCUT2D eigenvalue weighted by molar-refractivity contribution is 0.652. The van der Waals surface area contributed by atoms with Crippen molar-refractivity contribution in [3.63, 3.8) is 0 Å². The highest BCUT2D eigenvalue weighted by molar-refractivity contribution is 7.13. The fourth-order valence-corrected chi connectivity index (χ4v) is 3.67. The van der Waals surface area contributed by atoms with E-state index in [0.717, 1.165) is 47.9 Å². The van der Waals surface area contributed by atoms with Crippen LogP contribution < -0.4 is 9.80 Å². The van der Waals surface area contributed by atoms with Crippen LogP contribution in [-0.2, 0) is 0 Å². The highest BCUT2D eigenvalue weighted by Crippen LogP contribution is 2.25. The summed E-state index contributed by atoms with van der Waals surface area (Å²) in [6.45, 7) is 6.09. The molecule has 0 bridgehead atoms. The molecule has 0 amide bonds. The molecule has 1 aliphatic rings. The summed E-state index contributed by atoms with van der Waals surface area (Å²) in [5, 5.41) is 4.35. The zero-order valence-electron chi connectivity index (χ0n) is 12.4. The van der Waals surface area contributed by atoms with E-state index >= 15 is 0 Å². The Kier molecular flexibility index (Phi) is 3.38. The van der Waals surface area contributed by atoms with Crippen molar-refractivity contribution in [3.05, 3.63) is 41.8 Å². The van der Waals surface area contributed by atoms with E-state index in [1.54, 1.807) is 17.7 Å². The van der Waals surface area contributed by atoms with Crippen LogP contribution in [0.5, 0.6) is 0 Å². The Hall–Kier alpha value is -2.21. The molecule has 112 valence electrons. The third-order valence-corrected chi connectivity index (χ3v) is 5.03. The Morgan fingerprint density at radius 3 is 2.68 bits per heavy atom. The Labute approximate surface area is 133 Å². The maximum Gasteiger partial charge on any atom is 0.185 e. The molecular weight excluding hydrogens is 294 g/mol. The van der Waals surface area contributed by atoms with E-state index in [4.69, 9.17) is 0 Å². The van der Waals surface area contributed by atoms with E-state index in [0.29, 0.717) is 0 Å². The summed E-state index contributed by atoms with van der Waals surface area (Å²) in [5.74, 6) is 0. The second kappa shape index (κ2) is 5.53. The number of aromatic nitrogens is 3. The predicted molar refractivity (Wildman–Crippen MR) is 90.8 cm³/mol. The molecule has 1 aromatic carbocycles. The van der Waals surface area contributed by atoms with E-state index in [9.17, 15) is 0 Å². The van der Waals surface area contributed by atoms with Gasteiger partial charge in [0.2, 0.25) is 0 Å². The van der Waals surface area contributed by atoms with Gasteiger partial charge in [0.15, 0.2) is 5.13 Å². The third-order valence-electron chi connectivity index (χ3n) is 4.01. The molecule has 0 spiro atoms. The third kappa shape index (κ3) is 2.50. The highest BCUT2D eigenvalue weighted by Gasteiger charge is 2.19. The quantitative estimate of drug-likeness (QED) is 0.728. The van der Waals surface area contributed by atoms with Gasteiger partial charge in [-0.25, -0.2) is 15.0 Å². The molecule has 3 heterocycles. The second-order valence-electron chi connectivity index (χ2n) is 5.51. The summed E-state index contributed by atoms with van der Waals surface area (Å²) >= 11 is 1.73. The SMILES string of the molecule is Cc1csc(N2CCN(c3ccc4ncncc4c3)CC2)n1. The highest BCUT2D eigenvalue weighted by atomic mass is 32.1. The number of nitrogens with zero attached hydrogens (tertiary/aromatic N) is 5. The number of benzene rings is 1. The average molecular weight is 311 g/mol. The zero-order valence-corrected chi connectivity index (χ0v) is 13.3. The molecule has 22 heavy (non-hydrogen) atoms. The first-order valence-electron chi connectivity index (χ1n) is 7.41. The Morgan fingerprint density at radius 2 is 1.91 bits per heavy atom. The van der Waals surface area contributed by atoms with E-state index in [2.05, 4.69) is 48.3 Å². The summed E-state index contributed by atoms with van der Waals surface area (Å²) in [4.78, 5) is 17.8.